The van der Waals surface area contributed by atoms with Crippen molar-refractivity contribution >= 4 is 56.8 Å². The molecule has 5 heteroatoms. The molecule has 0 saturated carbocycles. The standard InChI is InChI=1S/C11H9BrCl3N/c1-16-6-5-7-8(3-2-4-9(7)12)10(16)11(13,14)15/h2-6,10H,1H3. The summed E-state index contributed by atoms with van der Waals surface area (Å²) in [6, 6.07) is 5.63. The molecular formula is C11H9BrCl3N. The number of fused-ring (bicyclic) bond motifs is 1. The van der Waals surface area contributed by atoms with Gasteiger partial charge in [-0.3, -0.25) is 0 Å². The van der Waals surface area contributed by atoms with Crippen LogP contribution in [0.25, 0.3) is 6.08 Å². The van der Waals surface area contributed by atoms with Crippen LogP contribution in [0.3, 0.4) is 0 Å². The largest absolute Gasteiger partial charge is 0.369 e. The fraction of sp³-hybridized carbons (Fsp3) is 0.273. The number of benzene rings is 1. The molecule has 0 spiro atoms. The van der Waals surface area contributed by atoms with E-state index in [1.807, 2.05) is 42.4 Å². The molecule has 1 aliphatic heterocycles. The molecule has 1 aromatic rings. The van der Waals surface area contributed by atoms with Gasteiger partial charge in [-0.2, -0.15) is 0 Å². The number of alkyl halides is 3. The van der Waals surface area contributed by atoms with Crippen molar-refractivity contribution in [3.63, 3.8) is 0 Å². The van der Waals surface area contributed by atoms with Crippen LogP contribution in [0.4, 0.5) is 0 Å². The first-order valence-electron chi connectivity index (χ1n) is 4.66. The first-order chi connectivity index (χ1) is 7.41. The van der Waals surface area contributed by atoms with Crippen molar-refractivity contribution in [1.82, 2.24) is 4.90 Å². The Morgan fingerprint density at radius 3 is 2.62 bits per heavy atom. The molecule has 86 valence electrons. The van der Waals surface area contributed by atoms with Crippen molar-refractivity contribution in [2.45, 2.75) is 9.83 Å². The minimum Gasteiger partial charge on any atom is -0.369 e. The lowest BCUT2D eigenvalue weighted by Gasteiger charge is -2.36. The molecule has 1 nitrogen and oxygen atoms in total. The van der Waals surface area contributed by atoms with Crippen LogP contribution >= 0.6 is 50.7 Å². The third-order valence-electron chi connectivity index (χ3n) is 2.57. The Kier molecular flexibility index (Phi) is 3.47. The maximum absolute atomic E-state index is 6.03. The Labute approximate surface area is 118 Å². The first kappa shape index (κ1) is 12.6. The highest BCUT2D eigenvalue weighted by Gasteiger charge is 2.38. The smallest absolute Gasteiger partial charge is 0.214 e. The van der Waals surface area contributed by atoms with Crippen LogP contribution in [0.5, 0.6) is 0 Å². The molecule has 0 bridgehead atoms. The molecule has 1 aliphatic rings. The summed E-state index contributed by atoms with van der Waals surface area (Å²) in [7, 11) is 1.90. The van der Waals surface area contributed by atoms with Crippen molar-refractivity contribution in [1.29, 1.82) is 0 Å². The lowest BCUT2D eigenvalue weighted by Crippen LogP contribution is -2.32. The van der Waals surface area contributed by atoms with Gasteiger partial charge in [0, 0.05) is 17.7 Å². The maximum atomic E-state index is 6.03. The van der Waals surface area contributed by atoms with Gasteiger partial charge in [-0.1, -0.05) is 62.9 Å². The Balaban J connectivity index is 2.59. The summed E-state index contributed by atoms with van der Waals surface area (Å²) in [5.74, 6) is 0. The van der Waals surface area contributed by atoms with Gasteiger partial charge in [-0.25, -0.2) is 0 Å². The molecule has 2 rings (SSSR count). The molecule has 0 aromatic heterocycles. The Hall–Kier alpha value is 0.110. The number of halogens is 4. The summed E-state index contributed by atoms with van der Waals surface area (Å²) in [5.41, 5.74) is 2.08. The molecule has 16 heavy (non-hydrogen) atoms. The van der Waals surface area contributed by atoms with Gasteiger partial charge in [0.15, 0.2) is 0 Å². The van der Waals surface area contributed by atoms with Gasteiger partial charge >= 0.3 is 0 Å². The summed E-state index contributed by atoms with van der Waals surface area (Å²) in [4.78, 5) is 1.90. The molecule has 0 saturated heterocycles. The molecule has 1 atom stereocenters. The van der Waals surface area contributed by atoms with Crippen LogP contribution < -0.4 is 0 Å². The third kappa shape index (κ3) is 2.21. The van der Waals surface area contributed by atoms with Crippen molar-refractivity contribution < 1.29 is 0 Å². The molecule has 0 N–H and O–H groups in total. The van der Waals surface area contributed by atoms with Crippen LogP contribution in [-0.2, 0) is 0 Å². The third-order valence-corrected chi connectivity index (χ3v) is 3.89. The second-order valence-corrected chi connectivity index (χ2v) is 6.89. The highest BCUT2D eigenvalue weighted by molar-refractivity contribution is 9.10. The number of nitrogens with zero attached hydrogens (tertiary/aromatic N) is 1. The van der Waals surface area contributed by atoms with Gasteiger partial charge in [0.05, 0.1) is 0 Å². The van der Waals surface area contributed by atoms with Gasteiger partial charge in [-0.15, -0.1) is 0 Å². The highest BCUT2D eigenvalue weighted by atomic mass is 79.9. The van der Waals surface area contributed by atoms with Crippen molar-refractivity contribution in [3.05, 3.63) is 40.0 Å². The van der Waals surface area contributed by atoms with E-state index in [4.69, 9.17) is 34.8 Å². The lowest BCUT2D eigenvalue weighted by atomic mass is 9.97. The van der Waals surface area contributed by atoms with Gasteiger partial charge in [-0.05, 0) is 23.3 Å². The summed E-state index contributed by atoms with van der Waals surface area (Å²) in [6.45, 7) is 0. The van der Waals surface area contributed by atoms with E-state index in [-0.39, 0.29) is 6.04 Å². The minimum absolute atomic E-state index is 0.269. The predicted octanol–water partition coefficient (Wildman–Crippen LogP) is 4.78. The summed E-state index contributed by atoms with van der Waals surface area (Å²) >= 11 is 21.6. The summed E-state index contributed by atoms with van der Waals surface area (Å²) in [5, 5.41) is 0. The Morgan fingerprint density at radius 1 is 1.31 bits per heavy atom. The van der Waals surface area contributed by atoms with Crippen LogP contribution in [-0.4, -0.2) is 15.7 Å². The summed E-state index contributed by atoms with van der Waals surface area (Å²) < 4.78 is -0.344. The quantitative estimate of drug-likeness (QED) is 0.614. The maximum Gasteiger partial charge on any atom is 0.214 e. The van der Waals surface area contributed by atoms with E-state index < -0.39 is 3.79 Å². The number of rotatable bonds is 0. The monoisotopic (exact) mass is 339 g/mol. The molecular weight excluding hydrogens is 332 g/mol. The number of hydrogen-bond acceptors (Lipinski definition) is 1. The van der Waals surface area contributed by atoms with E-state index in [1.165, 1.54) is 0 Å². The van der Waals surface area contributed by atoms with E-state index in [0.29, 0.717) is 0 Å². The van der Waals surface area contributed by atoms with Gasteiger partial charge in [0.2, 0.25) is 3.79 Å². The van der Waals surface area contributed by atoms with Crippen molar-refractivity contribution in [2.75, 3.05) is 7.05 Å². The zero-order valence-corrected chi connectivity index (χ0v) is 12.3. The summed E-state index contributed by atoms with van der Waals surface area (Å²) in [6.07, 6.45) is 3.92. The number of hydrogen-bond donors (Lipinski definition) is 0. The van der Waals surface area contributed by atoms with Crippen LogP contribution in [0.1, 0.15) is 17.2 Å². The van der Waals surface area contributed by atoms with E-state index in [1.54, 1.807) is 0 Å². The van der Waals surface area contributed by atoms with Crippen LogP contribution in [0, 0.1) is 0 Å². The second-order valence-electron chi connectivity index (χ2n) is 3.67. The molecule has 1 unspecified atom stereocenters. The van der Waals surface area contributed by atoms with Gasteiger partial charge < -0.3 is 4.90 Å². The first-order valence-corrected chi connectivity index (χ1v) is 6.59. The lowest BCUT2D eigenvalue weighted by molar-refractivity contribution is 0.337. The Bertz CT molecular complexity index is 439. The normalized spacial score (nSPS) is 19.8. The van der Waals surface area contributed by atoms with Gasteiger partial charge in [0.1, 0.15) is 6.04 Å². The molecule has 0 radical (unpaired) electrons. The van der Waals surface area contributed by atoms with Crippen molar-refractivity contribution in [3.8, 4) is 0 Å². The second kappa shape index (κ2) is 4.41. The highest BCUT2D eigenvalue weighted by Crippen LogP contribution is 2.47. The van der Waals surface area contributed by atoms with E-state index in [9.17, 15) is 0 Å². The van der Waals surface area contributed by atoms with Gasteiger partial charge in [0.25, 0.3) is 0 Å². The van der Waals surface area contributed by atoms with E-state index in [0.717, 1.165) is 15.6 Å². The average Bonchev–Trinajstić information content (AvgIpc) is 2.15. The molecule has 1 heterocycles. The zero-order chi connectivity index (χ0) is 11.9. The average molecular weight is 341 g/mol. The molecule has 0 amide bonds. The topological polar surface area (TPSA) is 3.24 Å². The fourth-order valence-electron chi connectivity index (χ4n) is 1.87. The van der Waals surface area contributed by atoms with Crippen LogP contribution in [0.2, 0.25) is 0 Å². The minimum atomic E-state index is -1.35. The van der Waals surface area contributed by atoms with E-state index >= 15 is 0 Å². The van der Waals surface area contributed by atoms with Crippen molar-refractivity contribution in [2.24, 2.45) is 0 Å². The van der Waals surface area contributed by atoms with E-state index in [2.05, 4.69) is 15.9 Å². The molecule has 0 aliphatic carbocycles. The Morgan fingerprint density at radius 2 is 2.00 bits per heavy atom. The zero-order valence-electron chi connectivity index (χ0n) is 8.42. The fourth-order valence-corrected chi connectivity index (χ4v) is 3.20. The predicted molar refractivity (Wildman–Crippen MR) is 74.0 cm³/mol. The van der Waals surface area contributed by atoms with Crippen LogP contribution in [0.15, 0.2) is 28.9 Å². The molecule has 1 aromatic carbocycles. The molecule has 0 fully saturated rings. The SMILES string of the molecule is CN1C=Cc2c(Br)cccc2C1C(Cl)(Cl)Cl.